The van der Waals surface area contributed by atoms with Crippen molar-refractivity contribution in [3.63, 3.8) is 0 Å². The Bertz CT molecular complexity index is 271. The third-order valence-corrected chi connectivity index (χ3v) is 2.69. The normalized spacial score (nSPS) is 13.6. The van der Waals surface area contributed by atoms with Gasteiger partial charge in [-0.05, 0) is 33.6 Å². The number of alkyl halides is 3. The molecule has 0 unspecified atom stereocenters. The van der Waals surface area contributed by atoms with Crippen LogP contribution in [0.1, 0.15) is 60.3 Å². The average Bonchev–Trinajstić information content (AvgIpc) is 2.12. The Hall–Kier alpha value is -0.740. The van der Waals surface area contributed by atoms with Crippen LogP contribution in [0, 0.1) is 5.41 Å². The summed E-state index contributed by atoms with van der Waals surface area (Å²) in [5, 5.41) is 0. The second-order valence-corrected chi connectivity index (χ2v) is 5.58. The molecule has 0 atom stereocenters. The van der Waals surface area contributed by atoms with Gasteiger partial charge in [-0.15, -0.1) is 0 Å². The van der Waals surface area contributed by atoms with Crippen molar-refractivity contribution in [3.05, 3.63) is 0 Å². The van der Waals surface area contributed by atoms with E-state index in [0.717, 1.165) is 0 Å². The van der Waals surface area contributed by atoms with Crippen molar-refractivity contribution in [1.29, 1.82) is 0 Å². The highest BCUT2D eigenvalue weighted by Crippen LogP contribution is 2.47. The molecule has 0 spiro atoms. The van der Waals surface area contributed by atoms with Crippen molar-refractivity contribution in [2.24, 2.45) is 5.41 Å². The van der Waals surface area contributed by atoms with Gasteiger partial charge in [-0.25, -0.2) is 0 Å². The number of hydrogen-bond acceptors (Lipinski definition) is 2. The fourth-order valence-electron chi connectivity index (χ4n) is 1.96. The predicted molar refractivity (Wildman–Crippen MR) is 64.1 cm³/mol. The Morgan fingerprint density at radius 1 is 1.00 bits per heavy atom. The maximum absolute atomic E-state index is 13.3. The summed E-state index contributed by atoms with van der Waals surface area (Å²) in [6.07, 6.45) is -4.43. The first kappa shape index (κ1) is 17.3. The first-order valence-corrected chi connectivity index (χ1v) is 6.30. The van der Waals surface area contributed by atoms with Crippen molar-refractivity contribution < 1.29 is 22.7 Å². The minimum absolute atomic E-state index is 0.223. The smallest absolute Gasteiger partial charge is 0.404 e. The molecule has 0 aromatic heterocycles. The van der Waals surface area contributed by atoms with Crippen molar-refractivity contribution in [2.45, 2.75) is 72.1 Å². The number of carbonyl (C=O) groups excluding carboxylic acids is 1. The van der Waals surface area contributed by atoms with Crippen LogP contribution in [0.4, 0.5) is 13.2 Å². The van der Waals surface area contributed by atoms with Crippen molar-refractivity contribution in [2.75, 3.05) is 0 Å². The molecule has 0 fully saturated rings. The molecule has 0 aliphatic rings. The molecule has 5 heteroatoms. The summed E-state index contributed by atoms with van der Waals surface area (Å²) in [5.74, 6) is -1.15. The van der Waals surface area contributed by atoms with Crippen LogP contribution in [-0.2, 0) is 9.53 Å². The molecule has 0 saturated carbocycles. The van der Waals surface area contributed by atoms with Crippen molar-refractivity contribution in [3.8, 4) is 0 Å². The standard InChI is InChI=1S/C13H23F3O2/c1-6-8-12(9-7-2,13(14,15)16)10(17)18-11(3,4)5/h6-9H2,1-5H3. The zero-order valence-corrected chi connectivity index (χ0v) is 11.8. The van der Waals surface area contributed by atoms with E-state index in [9.17, 15) is 18.0 Å². The summed E-state index contributed by atoms with van der Waals surface area (Å²) in [6.45, 7) is 8.00. The fraction of sp³-hybridized carbons (Fsp3) is 0.923. The topological polar surface area (TPSA) is 26.3 Å². The zero-order chi connectivity index (χ0) is 14.6. The van der Waals surface area contributed by atoms with Crippen LogP contribution in [0.25, 0.3) is 0 Å². The lowest BCUT2D eigenvalue weighted by atomic mass is 9.78. The summed E-state index contributed by atoms with van der Waals surface area (Å²) in [6, 6.07) is 0. The van der Waals surface area contributed by atoms with Gasteiger partial charge in [0.1, 0.15) is 5.60 Å². The number of rotatable bonds is 5. The number of carbonyl (C=O) groups is 1. The molecule has 108 valence electrons. The molecule has 0 saturated heterocycles. The molecule has 2 nitrogen and oxygen atoms in total. The highest BCUT2D eigenvalue weighted by molar-refractivity contribution is 5.78. The van der Waals surface area contributed by atoms with E-state index < -0.39 is 23.2 Å². The van der Waals surface area contributed by atoms with Gasteiger partial charge in [0.2, 0.25) is 0 Å². The van der Waals surface area contributed by atoms with Gasteiger partial charge in [-0.1, -0.05) is 26.7 Å². The summed E-state index contributed by atoms with van der Waals surface area (Å²) >= 11 is 0. The Labute approximate surface area is 107 Å². The van der Waals surface area contributed by atoms with Gasteiger partial charge in [-0.2, -0.15) is 13.2 Å². The third kappa shape index (κ3) is 4.18. The first-order valence-electron chi connectivity index (χ1n) is 6.30. The molecule has 0 aliphatic heterocycles. The van der Waals surface area contributed by atoms with E-state index in [1.165, 1.54) is 0 Å². The predicted octanol–water partition coefficient (Wildman–Crippen LogP) is 4.48. The molecule has 0 aromatic carbocycles. The van der Waals surface area contributed by atoms with E-state index in [-0.39, 0.29) is 12.8 Å². The van der Waals surface area contributed by atoms with E-state index in [1.54, 1.807) is 34.6 Å². The molecule has 0 rings (SSSR count). The number of halogens is 3. The van der Waals surface area contributed by atoms with Gasteiger partial charge in [-0.3, -0.25) is 4.79 Å². The van der Waals surface area contributed by atoms with E-state index in [1.807, 2.05) is 0 Å². The van der Waals surface area contributed by atoms with Crippen LogP contribution < -0.4 is 0 Å². The largest absolute Gasteiger partial charge is 0.459 e. The van der Waals surface area contributed by atoms with Crippen molar-refractivity contribution >= 4 is 5.97 Å². The fourth-order valence-corrected chi connectivity index (χ4v) is 1.96. The Morgan fingerprint density at radius 2 is 1.39 bits per heavy atom. The van der Waals surface area contributed by atoms with Gasteiger partial charge >= 0.3 is 12.1 Å². The van der Waals surface area contributed by atoms with Gasteiger partial charge in [0.05, 0.1) is 0 Å². The van der Waals surface area contributed by atoms with Gasteiger partial charge < -0.3 is 4.74 Å². The van der Waals surface area contributed by atoms with Crippen LogP contribution >= 0.6 is 0 Å². The molecule has 0 aromatic rings. The summed E-state index contributed by atoms with van der Waals surface area (Å²) in [5.41, 5.74) is -3.27. The summed E-state index contributed by atoms with van der Waals surface area (Å²) in [4.78, 5) is 12.0. The zero-order valence-electron chi connectivity index (χ0n) is 11.8. The minimum atomic E-state index is -4.57. The Morgan fingerprint density at radius 3 is 1.61 bits per heavy atom. The Kier molecular flexibility index (Phi) is 5.69. The molecular formula is C13H23F3O2. The van der Waals surface area contributed by atoms with Crippen LogP contribution in [0.2, 0.25) is 0 Å². The maximum atomic E-state index is 13.3. The Balaban J connectivity index is 5.36. The summed E-state index contributed by atoms with van der Waals surface area (Å²) in [7, 11) is 0. The lowest BCUT2D eigenvalue weighted by Crippen LogP contribution is -2.48. The maximum Gasteiger partial charge on any atom is 0.404 e. The second-order valence-electron chi connectivity index (χ2n) is 5.58. The minimum Gasteiger partial charge on any atom is -0.459 e. The van der Waals surface area contributed by atoms with E-state index in [2.05, 4.69) is 0 Å². The number of hydrogen-bond donors (Lipinski definition) is 0. The van der Waals surface area contributed by atoms with Crippen LogP contribution in [0.15, 0.2) is 0 Å². The van der Waals surface area contributed by atoms with Crippen LogP contribution in [-0.4, -0.2) is 17.7 Å². The molecule has 0 aliphatic carbocycles. The van der Waals surface area contributed by atoms with Crippen molar-refractivity contribution in [1.82, 2.24) is 0 Å². The monoisotopic (exact) mass is 268 g/mol. The number of esters is 1. The number of ether oxygens (including phenoxy) is 1. The van der Waals surface area contributed by atoms with E-state index >= 15 is 0 Å². The summed E-state index contributed by atoms with van der Waals surface area (Å²) < 4.78 is 44.8. The SMILES string of the molecule is CCCC(CCC)(C(=O)OC(C)(C)C)C(F)(F)F. The molecule has 0 heterocycles. The lowest BCUT2D eigenvalue weighted by Gasteiger charge is -2.35. The van der Waals surface area contributed by atoms with Gasteiger partial charge in [0, 0.05) is 0 Å². The van der Waals surface area contributed by atoms with Crippen LogP contribution in [0.3, 0.4) is 0 Å². The van der Waals surface area contributed by atoms with Gasteiger partial charge in [0.25, 0.3) is 0 Å². The second kappa shape index (κ2) is 5.93. The molecular weight excluding hydrogens is 245 g/mol. The first-order chi connectivity index (χ1) is 8.00. The molecule has 0 bridgehead atoms. The third-order valence-electron chi connectivity index (χ3n) is 2.69. The quantitative estimate of drug-likeness (QED) is 0.687. The van der Waals surface area contributed by atoms with Crippen LogP contribution in [0.5, 0.6) is 0 Å². The molecule has 18 heavy (non-hydrogen) atoms. The molecule has 0 N–H and O–H groups in total. The molecule has 0 amide bonds. The van der Waals surface area contributed by atoms with E-state index in [0.29, 0.717) is 12.8 Å². The molecule has 0 radical (unpaired) electrons. The lowest BCUT2D eigenvalue weighted by molar-refractivity contribution is -0.244. The average molecular weight is 268 g/mol. The highest BCUT2D eigenvalue weighted by Gasteiger charge is 2.60. The highest BCUT2D eigenvalue weighted by atomic mass is 19.4. The van der Waals surface area contributed by atoms with Gasteiger partial charge in [0.15, 0.2) is 5.41 Å². The van der Waals surface area contributed by atoms with E-state index in [4.69, 9.17) is 4.74 Å².